The number of carbonyl (C=O) groups excluding carboxylic acids is 1. The van der Waals surface area contributed by atoms with Crippen LogP contribution in [0.4, 0.5) is 10.1 Å². The van der Waals surface area contributed by atoms with Crippen molar-refractivity contribution >= 4 is 39.0 Å². The van der Waals surface area contributed by atoms with E-state index < -0.39 is 23.2 Å². The normalized spacial score (nSPS) is 12.8. The van der Waals surface area contributed by atoms with Crippen molar-refractivity contribution in [1.29, 1.82) is 0 Å². The van der Waals surface area contributed by atoms with E-state index in [4.69, 9.17) is 15.7 Å². The third-order valence-corrected chi connectivity index (χ3v) is 4.32. The van der Waals surface area contributed by atoms with Gasteiger partial charge in [-0.1, -0.05) is 6.92 Å². The van der Waals surface area contributed by atoms with Gasteiger partial charge in [0.2, 0.25) is 5.91 Å². The van der Waals surface area contributed by atoms with Gasteiger partial charge in [0.1, 0.15) is 21.5 Å². The number of aliphatic hydroxyl groups is 1. The van der Waals surface area contributed by atoms with Crippen LogP contribution in [-0.2, 0) is 4.79 Å². The smallest absolute Gasteiger partial charge is 0.231 e. The zero-order chi connectivity index (χ0) is 18.8. The van der Waals surface area contributed by atoms with Crippen LogP contribution < -0.4 is 4.90 Å². The van der Waals surface area contributed by atoms with Gasteiger partial charge in [-0.3, -0.25) is 14.7 Å². The molecule has 0 aliphatic rings. The van der Waals surface area contributed by atoms with Crippen molar-refractivity contribution in [2.45, 2.75) is 19.4 Å². The molecule has 0 aliphatic heterocycles. The summed E-state index contributed by atoms with van der Waals surface area (Å²) in [5.74, 6) is -0.858. The fourth-order valence-corrected chi connectivity index (χ4v) is 3.00. The zero-order valence-electron chi connectivity index (χ0n) is 14.2. The molecule has 0 bridgehead atoms. The minimum atomic E-state index is -2.40. The number of rotatable bonds is 6. The molecule has 1 unspecified atom stereocenters. The Morgan fingerprint density at radius 3 is 2.76 bits per heavy atom. The molecule has 2 aromatic heterocycles. The highest BCUT2D eigenvalue weighted by Crippen LogP contribution is 2.27. The summed E-state index contributed by atoms with van der Waals surface area (Å²) in [5.41, 5.74) is -1.42. The average Bonchev–Trinajstić information content (AvgIpc) is 2.88. The van der Waals surface area contributed by atoms with Crippen LogP contribution in [0.3, 0.4) is 0 Å². The van der Waals surface area contributed by atoms with Crippen molar-refractivity contribution in [1.82, 2.24) is 14.8 Å². The first-order valence-electron chi connectivity index (χ1n) is 7.45. The SMILES string of the molecule is [B]C([B])(O)N(C(=O)C(C)CSC)c1cn(-c2cncc(F)c2)nc1C. The Balaban J connectivity index is 2.47. The molecule has 2 aromatic rings. The third-order valence-electron chi connectivity index (χ3n) is 3.49. The van der Waals surface area contributed by atoms with E-state index in [9.17, 15) is 14.3 Å². The monoisotopic (exact) mass is 358 g/mol. The first-order chi connectivity index (χ1) is 11.6. The molecule has 0 aromatic carbocycles. The maximum absolute atomic E-state index is 13.4. The van der Waals surface area contributed by atoms with E-state index in [0.29, 0.717) is 17.1 Å². The second-order valence-electron chi connectivity index (χ2n) is 5.72. The lowest BCUT2D eigenvalue weighted by Crippen LogP contribution is -2.55. The average molecular weight is 358 g/mol. The molecule has 10 heteroatoms. The molecule has 4 radical (unpaired) electrons. The molecule has 2 heterocycles. The molecule has 128 valence electrons. The van der Waals surface area contributed by atoms with Crippen LogP contribution in [0, 0.1) is 18.7 Å². The summed E-state index contributed by atoms with van der Waals surface area (Å²) in [6, 6.07) is 1.24. The Kier molecular flexibility index (Phi) is 5.95. The highest BCUT2D eigenvalue weighted by atomic mass is 32.2. The van der Waals surface area contributed by atoms with Crippen LogP contribution >= 0.6 is 11.8 Å². The van der Waals surface area contributed by atoms with Crippen molar-refractivity contribution in [2.75, 3.05) is 16.9 Å². The van der Waals surface area contributed by atoms with E-state index in [1.165, 1.54) is 34.9 Å². The second-order valence-corrected chi connectivity index (χ2v) is 6.63. The van der Waals surface area contributed by atoms with Gasteiger partial charge in [-0.15, -0.1) is 0 Å². The number of amides is 1. The summed E-state index contributed by atoms with van der Waals surface area (Å²) >= 11 is 1.49. The van der Waals surface area contributed by atoms with Crippen LogP contribution in [0.15, 0.2) is 24.7 Å². The largest absolute Gasteiger partial charge is 0.389 e. The first-order valence-corrected chi connectivity index (χ1v) is 8.85. The van der Waals surface area contributed by atoms with Gasteiger partial charge < -0.3 is 5.11 Å². The molecule has 1 amide bonds. The summed E-state index contributed by atoms with van der Waals surface area (Å²) < 4.78 is 14.7. The molecule has 0 saturated heterocycles. The lowest BCUT2D eigenvalue weighted by molar-refractivity contribution is -0.122. The molecule has 1 atom stereocenters. The van der Waals surface area contributed by atoms with Crippen LogP contribution in [0.5, 0.6) is 0 Å². The highest BCUT2D eigenvalue weighted by Gasteiger charge is 2.34. The molecular weight excluding hydrogens is 341 g/mol. The molecule has 0 saturated carbocycles. The summed E-state index contributed by atoms with van der Waals surface area (Å²) in [6.07, 6.45) is 5.80. The number of aryl methyl sites for hydroxylation is 1. The molecule has 0 fully saturated rings. The van der Waals surface area contributed by atoms with Gasteiger partial charge in [0.15, 0.2) is 0 Å². The maximum Gasteiger partial charge on any atom is 0.231 e. The number of hydrogen-bond donors (Lipinski definition) is 1. The molecular formula is C15H17B2FN4O2S. The van der Waals surface area contributed by atoms with Gasteiger partial charge in [0.25, 0.3) is 0 Å². The van der Waals surface area contributed by atoms with Crippen LogP contribution in [0.1, 0.15) is 12.6 Å². The molecule has 6 nitrogen and oxygen atoms in total. The fraction of sp³-hybridized carbons (Fsp3) is 0.400. The van der Waals surface area contributed by atoms with Crippen molar-refractivity contribution in [3.8, 4) is 5.69 Å². The van der Waals surface area contributed by atoms with Crippen molar-refractivity contribution in [3.63, 3.8) is 0 Å². The van der Waals surface area contributed by atoms with Crippen molar-refractivity contribution < 1.29 is 14.3 Å². The maximum atomic E-state index is 13.4. The van der Waals surface area contributed by atoms with E-state index in [0.717, 1.165) is 11.1 Å². The number of hydrogen-bond acceptors (Lipinski definition) is 5. The lowest BCUT2D eigenvalue weighted by Gasteiger charge is -2.36. The number of pyridine rings is 1. The third kappa shape index (κ3) is 4.43. The quantitative estimate of drug-likeness (QED) is 0.616. The summed E-state index contributed by atoms with van der Waals surface area (Å²) in [6.45, 7) is 3.34. The van der Waals surface area contributed by atoms with Crippen LogP contribution in [0.25, 0.3) is 5.69 Å². The van der Waals surface area contributed by atoms with E-state index in [-0.39, 0.29) is 5.69 Å². The standard InChI is InChI=1S/C15H17B2FN4O2S/c1-9(8-25-3)14(23)22(15(16,17)24)13-7-21(20-10(13)2)12-4-11(18)5-19-6-12/h4-7,9,24H,8H2,1-3H3. The van der Waals surface area contributed by atoms with Gasteiger partial charge >= 0.3 is 0 Å². The lowest BCUT2D eigenvalue weighted by atomic mass is 9.71. The first kappa shape index (κ1) is 19.5. The molecule has 0 aliphatic carbocycles. The minimum Gasteiger partial charge on any atom is -0.389 e. The predicted octanol–water partition coefficient (Wildman–Crippen LogP) is 0.988. The van der Waals surface area contributed by atoms with Gasteiger partial charge in [-0.05, 0) is 13.2 Å². The number of halogens is 1. The number of carbonyl (C=O) groups is 1. The Bertz CT molecular complexity index is 766. The van der Waals surface area contributed by atoms with E-state index in [1.807, 2.05) is 6.26 Å². The van der Waals surface area contributed by atoms with E-state index in [2.05, 4.69) is 10.1 Å². The Labute approximate surface area is 152 Å². The van der Waals surface area contributed by atoms with Gasteiger partial charge in [0.05, 0.1) is 41.2 Å². The number of thioether (sulfide) groups is 1. The van der Waals surface area contributed by atoms with Crippen molar-refractivity contribution in [3.05, 3.63) is 36.2 Å². The molecule has 2 rings (SSSR count). The summed E-state index contributed by atoms with van der Waals surface area (Å²) in [7, 11) is 11.2. The zero-order valence-corrected chi connectivity index (χ0v) is 15.0. The highest BCUT2D eigenvalue weighted by molar-refractivity contribution is 7.98. The molecule has 1 N–H and O–H groups in total. The van der Waals surface area contributed by atoms with Crippen LogP contribution in [0.2, 0.25) is 0 Å². The molecule has 0 spiro atoms. The van der Waals surface area contributed by atoms with Crippen molar-refractivity contribution in [2.24, 2.45) is 5.92 Å². The second kappa shape index (κ2) is 7.61. The Hall–Kier alpha value is -1.80. The number of aromatic nitrogens is 3. The predicted molar refractivity (Wildman–Crippen MR) is 97.5 cm³/mol. The van der Waals surface area contributed by atoms with Gasteiger partial charge in [0, 0.05) is 17.7 Å². The van der Waals surface area contributed by atoms with Gasteiger partial charge in [-0.2, -0.15) is 16.9 Å². The topological polar surface area (TPSA) is 71.2 Å². The Morgan fingerprint density at radius 1 is 1.52 bits per heavy atom. The Morgan fingerprint density at radius 2 is 2.20 bits per heavy atom. The number of nitrogens with zero attached hydrogens (tertiary/aromatic N) is 4. The molecule has 25 heavy (non-hydrogen) atoms. The van der Waals surface area contributed by atoms with Crippen LogP contribution in [-0.4, -0.2) is 59.0 Å². The number of anilines is 1. The minimum absolute atomic E-state index is 0.231. The summed E-state index contributed by atoms with van der Waals surface area (Å²) in [4.78, 5) is 17.4. The fourth-order valence-electron chi connectivity index (χ4n) is 2.36. The van der Waals surface area contributed by atoms with E-state index in [1.54, 1.807) is 13.8 Å². The summed E-state index contributed by atoms with van der Waals surface area (Å²) in [5, 5.41) is 14.3. The van der Waals surface area contributed by atoms with Gasteiger partial charge in [-0.25, -0.2) is 9.07 Å². The van der Waals surface area contributed by atoms with E-state index >= 15 is 0 Å².